The van der Waals surface area contributed by atoms with E-state index >= 15 is 0 Å². The Morgan fingerprint density at radius 2 is 2.12 bits per heavy atom. The molecule has 132 valence electrons. The number of hydrazone groups is 1. The number of ether oxygens (including phenoxy) is 1. The zero-order valence-corrected chi connectivity index (χ0v) is 14.5. The van der Waals surface area contributed by atoms with Gasteiger partial charge in [-0.3, -0.25) is 14.9 Å². The number of hydrogen-bond donors (Lipinski definition) is 2. The van der Waals surface area contributed by atoms with Gasteiger partial charge in [0.1, 0.15) is 11.5 Å². The molecule has 0 aliphatic carbocycles. The van der Waals surface area contributed by atoms with Crippen LogP contribution in [0, 0.1) is 0 Å². The van der Waals surface area contributed by atoms with Gasteiger partial charge in [0.2, 0.25) is 10.9 Å². The molecule has 0 saturated carbocycles. The fourth-order valence-corrected chi connectivity index (χ4v) is 3.34. The summed E-state index contributed by atoms with van der Waals surface area (Å²) >= 11 is 1.42. The molecule has 2 amide bonds. The van der Waals surface area contributed by atoms with Crippen LogP contribution in [0.25, 0.3) is 16.2 Å². The van der Waals surface area contributed by atoms with Crippen molar-refractivity contribution in [2.75, 3.05) is 12.4 Å². The van der Waals surface area contributed by atoms with Gasteiger partial charge < -0.3 is 4.74 Å². The van der Waals surface area contributed by atoms with Crippen molar-refractivity contribution < 1.29 is 14.3 Å². The van der Waals surface area contributed by atoms with E-state index in [1.807, 2.05) is 29.6 Å². The van der Waals surface area contributed by atoms with Crippen LogP contribution in [-0.4, -0.2) is 39.2 Å². The first-order valence-corrected chi connectivity index (χ1v) is 8.67. The number of rotatable bonds is 4. The molecule has 10 heteroatoms. The van der Waals surface area contributed by atoms with Crippen molar-refractivity contribution >= 4 is 39.8 Å². The van der Waals surface area contributed by atoms with Gasteiger partial charge in [-0.1, -0.05) is 0 Å². The predicted molar refractivity (Wildman–Crippen MR) is 96.3 cm³/mol. The Morgan fingerprint density at radius 1 is 1.31 bits per heavy atom. The Morgan fingerprint density at radius 3 is 2.81 bits per heavy atom. The van der Waals surface area contributed by atoms with Crippen molar-refractivity contribution in [2.24, 2.45) is 5.10 Å². The summed E-state index contributed by atoms with van der Waals surface area (Å²) in [5.41, 5.74) is 4.36. The van der Waals surface area contributed by atoms with E-state index in [0.717, 1.165) is 17.0 Å². The fraction of sp³-hybridized carbons (Fsp3) is 0.188. The monoisotopic (exact) mass is 370 g/mol. The Balaban J connectivity index is 1.57. The fourth-order valence-electron chi connectivity index (χ4n) is 2.51. The summed E-state index contributed by atoms with van der Waals surface area (Å²) < 4.78 is 6.84. The Bertz CT molecular complexity index is 1020. The quantitative estimate of drug-likeness (QED) is 0.726. The predicted octanol–water partition coefficient (Wildman–Crippen LogP) is 1.67. The lowest BCUT2D eigenvalue weighted by Crippen LogP contribution is -2.33. The second-order valence-electron chi connectivity index (χ2n) is 5.53. The van der Waals surface area contributed by atoms with E-state index in [1.165, 1.54) is 11.3 Å². The van der Waals surface area contributed by atoms with E-state index < -0.39 is 5.91 Å². The number of nitrogens with one attached hydrogen (secondary N) is 2. The van der Waals surface area contributed by atoms with Gasteiger partial charge in [0, 0.05) is 23.8 Å². The minimum absolute atomic E-state index is 0.191. The smallest absolute Gasteiger partial charge is 0.274 e. The Hall–Kier alpha value is -3.27. The molecule has 3 aromatic rings. The summed E-state index contributed by atoms with van der Waals surface area (Å²) in [7, 11) is 1.62. The van der Waals surface area contributed by atoms with Gasteiger partial charge in [0.15, 0.2) is 0 Å². The summed E-state index contributed by atoms with van der Waals surface area (Å²) in [6, 6.07) is 7.60. The number of anilines is 1. The molecular formula is C16H14N6O3S. The minimum atomic E-state index is -0.422. The summed E-state index contributed by atoms with van der Waals surface area (Å²) in [6.07, 6.45) is 0.524. The number of nitrogens with zero attached hydrogens (tertiary/aromatic N) is 4. The lowest BCUT2D eigenvalue weighted by Gasteiger charge is -2.10. The van der Waals surface area contributed by atoms with Crippen LogP contribution in [0.5, 0.6) is 5.75 Å². The number of aromatic nitrogens is 3. The first-order chi connectivity index (χ1) is 12.6. The van der Waals surface area contributed by atoms with E-state index in [4.69, 9.17) is 4.74 Å². The summed E-state index contributed by atoms with van der Waals surface area (Å²) in [6.45, 7) is 0. The van der Waals surface area contributed by atoms with E-state index in [1.54, 1.807) is 11.6 Å². The highest BCUT2D eigenvalue weighted by Crippen LogP contribution is 2.27. The molecule has 3 heterocycles. The van der Waals surface area contributed by atoms with Crippen LogP contribution in [0.4, 0.5) is 5.95 Å². The van der Waals surface area contributed by atoms with Crippen molar-refractivity contribution in [2.45, 2.75) is 12.8 Å². The lowest BCUT2D eigenvalue weighted by molar-refractivity contribution is -0.121. The summed E-state index contributed by atoms with van der Waals surface area (Å²) in [5.74, 6) is 0.337. The van der Waals surface area contributed by atoms with Gasteiger partial charge >= 0.3 is 0 Å². The number of hydrogen-bond acceptors (Lipinski definition) is 7. The lowest BCUT2D eigenvalue weighted by atomic mass is 10.2. The van der Waals surface area contributed by atoms with Crippen molar-refractivity contribution in [3.8, 4) is 17.0 Å². The first kappa shape index (κ1) is 16.2. The molecule has 0 atom stereocenters. The Labute approximate surface area is 151 Å². The Kier molecular flexibility index (Phi) is 4.09. The number of benzene rings is 1. The number of carbonyl (C=O) groups excluding carboxylic acids is 2. The maximum Gasteiger partial charge on any atom is 0.274 e. The second-order valence-corrected chi connectivity index (χ2v) is 6.36. The van der Waals surface area contributed by atoms with Gasteiger partial charge in [0.05, 0.1) is 12.8 Å². The SMILES string of the molecule is COc1ccc(-c2csc3nc(NC(=O)C4=NNC(=O)CC4)nn23)cc1. The molecule has 26 heavy (non-hydrogen) atoms. The van der Waals surface area contributed by atoms with Crippen LogP contribution in [0.3, 0.4) is 0 Å². The van der Waals surface area contributed by atoms with E-state index in [-0.39, 0.29) is 30.4 Å². The second kappa shape index (κ2) is 6.56. The highest BCUT2D eigenvalue weighted by atomic mass is 32.1. The average molecular weight is 370 g/mol. The van der Waals surface area contributed by atoms with Gasteiger partial charge in [0.25, 0.3) is 11.9 Å². The molecule has 1 aromatic carbocycles. The highest BCUT2D eigenvalue weighted by Gasteiger charge is 2.20. The maximum absolute atomic E-state index is 12.2. The molecule has 0 radical (unpaired) electrons. The van der Waals surface area contributed by atoms with Crippen LogP contribution in [0.2, 0.25) is 0 Å². The summed E-state index contributed by atoms with van der Waals surface area (Å²) in [5, 5.41) is 12.7. The van der Waals surface area contributed by atoms with Crippen LogP contribution in [0.15, 0.2) is 34.7 Å². The average Bonchev–Trinajstić information content (AvgIpc) is 3.22. The van der Waals surface area contributed by atoms with Gasteiger partial charge in [-0.2, -0.15) is 10.1 Å². The minimum Gasteiger partial charge on any atom is -0.497 e. The van der Waals surface area contributed by atoms with Gasteiger partial charge in [-0.25, -0.2) is 9.94 Å². The molecule has 0 bridgehead atoms. The normalized spacial score (nSPS) is 14.0. The third-order valence-corrected chi connectivity index (χ3v) is 4.68. The molecule has 0 fully saturated rings. The standard InChI is InChI=1S/C16H14N6O3S/c1-25-10-4-2-9(3-5-10)12-8-26-16-18-15(21-22(12)16)17-14(24)11-6-7-13(23)20-19-11/h2-5,8H,6-7H2,1H3,(H,20,23)(H,17,21,24). The topological polar surface area (TPSA) is 110 Å². The molecule has 2 N–H and O–H groups in total. The highest BCUT2D eigenvalue weighted by molar-refractivity contribution is 7.15. The van der Waals surface area contributed by atoms with Crippen LogP contribution in [0.1, 0.15) is 12.8 Å². The van der Waals surface area contributed by atoms with E-state index in [0.29, 0.717) is 4.96 Å². The van der Waals surface area contributed by atoms with Gasteiger partial charge in [-0.15, -0.1) is 16.4 Å². The van der Waals surface area contributed by atoms with Gasteiger partial charge in [-0.05, 0) is 24.3 Å². The van der Waals surface area contributed by atoms with Crippen molar-refractivity contribution in [3.63, 3.8) is 0 Å². The molecule has 0 unspecified atom stereocenters. The molecule has 9 nitrogen and oxygen atoms in total. The number of carbonyl (C=O) groups is 2. The number of thiazole rings is 1. The van der Waals surface area contributed by atoms with E-state index in [2.05, 4.69) is 25.9 Å². The van der Waals surface area contributed by atoms with Crippen molar-refractivity contribution in [1.29, 1.82) is 0 Å². The third kappa shape index (κ3) is 3.02. The zero-order valence-electron chi connectivity index (χ0n) is 13.7. The number of amides is 2. The largest absolute Gasteiger partial charge is 0.497 e. The zero-order chi connectivity index (χ0) is 18.1. The maximum atomic E-state index is 12.2. The van der Waals surface area contributed by atoms with Crippen molar-refractivity contribution in [3.05, 3.63) is 29.6 Å². The molecule has 1 aliphatic heterocycles. The van der Waals surface area contributed by atoms with Crippen LogP contribution in [-0.2, 0) is 9.59 Å². The molecule has 0 spiro atoms. The summed E-state index contributed by atoms with van der Waals surface area (Å²) in [4.78, 5) is 28.3. The van der Waals surface area contributed by atoms with Crippen LogP contribution >= 0.6 is 11.3 Å². The van der Waals surface area contributed by atoms with Crippen molar-refractivity contribution in [1.82, 2.24) is 20.0 Å². The molecular weight excluding hydrogens is 356 g/mol. The third-order valence-electron chi connectivity index (χ3n) is 3.86. The van der Waals surface area contributed by atoms with Crippen LogP contribution < -0.4 is 15.5 Å². The molecule has 4 rings (SSSR count). The number of fused-ring (bicyclic) bond motifs is 1. The molecule has 0 saturated heterocycles. The molecule has 1 aliphatic rings. The van der Waals surface area contributed by atoms with E-state index in [9.17, 15) is 9.59 Å². The number of methoxy groups -OCH3 is 1. The first-order valence-electron chi connectivity index (χ1n) is 7.79. The molecule has 2 aromatic heterocycles.